The fourth-order valence-electron chi connectivity index (χ4n) is 1.21. The molecule has 72 valence electrons. The van der Waals surface area contributed by atoms with Gasteiger partial charge < -0.3 is 5.73 Å². The highest BCUT2D eigenvalue weighted by atomic mass is 16.2. The summed E-state index contributed by atoms with van der Waals surface area (Å²) in [6.45, 7) is 1.84. The monoisotopic (exact) mass is 183 g/mol. The van der Waals surface area contributed by atoms with Crippen molar-refractivity contribution in [2.45, 2.75) is 6.42 Å². The van der Waals surface area contributed by atoms with Crippen LogP contribution in [0.4, 0.5) is 4.79 Å². The molecule has 0 aromatic heterocycles. The second kappa shape index (κ2) is 4.61. The maximum absolute atomic E-state index is 11.0. The Hall–Kier alpha value is -1.36. The smallest absolute Gasteiger partial charge is 0.318 e. The van der Waals surface area contributed by atoms with E-state index < -0.39 is 6.03 Å². The summed E-state index contributed by atoms with van der Waals surface area (Å²) in [5.41, 5.74) is 4.80. The van der Waals surface area contributed by atoms with E-state index in [2.05, 4.69) is 6.08 Å². The lowest BCUT2D eigenvalue weighted by atomic mass is 10.2. The Morgan fingerprint density at radius 2 is 2.23 bits per heavy atom. The number of primary amides is 1. The van der Waals surface area contributed by atoms with Crippen molar-refractivity contribution in [3.63, 3.8) is 0 Å². The van der Waals surface area contributed by atoms with Crippen LogP contribution in [0.3, 0.4) is 0 Å². The van der Waals surface area contributed by atoms with Gasteiger partial charge in [0.25, 0.3) is 0 Å². The molecule has 0 unspecified atom stereocenters. The van der Waals surface area contributed by atoms with Gasteiger partial charge in [-0.15, -0.1) is 0 Å². The lowest BCUT2D eigenvalue weighted by Gasteiger charge is -2.21. The van der Waals surface area contributed by atoms with E-state index in [-0.39, 0.29) is 12.5 Å². The third-order valence-corrected chi connectivity index (χ3v) is 1.77. The van der Waals surface area contributed by atoms with E-state index in [0.717, 1.165) is 19.5 Å². The zero-order chi connectivity index (χ0) is 9.68. The van der Waals surface area contributed by atoms with E-state index in [1.54, 1.807) is 0 Å². The van der Waals surface area contributed by atoms with Gasteiger partial charge in [-0.2, -0.15) is 0 Å². The highest BCUT2D eigenvalue weighted by Gasteiger charge is 2.11. The number of nitrogens with two attached hydrogens (primary N) is 1. The number of hydrogen-bond acceptors (Lipinski definition) is 3. The van der Waals surface area contributed by atoms with Crippen LogP contribution in [0, 0.1) is 0 Å². The van der Waals surface area contributed by atoms with Crippen molar-refractivity contribution in [3.05, 3.63) is 12.2 Å². The molecule has 0 saturated carbocycles. The molecular weight excluding hydrogens is 170 g/mol. The van der Waals surface area contributed by atoms with Crippen LogP contribution in [0.2, 0.25) is 0 Å². The van der Waals surface area contributed by atoms with Gasteiger partial charge in [-0.3, -0.25) is 15.0 Å². The Morgan fingerprint density at radius 1 is 1.46 bits per heavy atom. The van der Waals surface area contributed by atoms with Crippen LogP contribution in [0.15, 0.2) is 12.2 Å². The molecule has 5 heteroatoms. The minimum atomic E-state index is -0.794. The van der Waals surface area contributed by atoms with Gasteiger partial charge in [-0.1, -0.05) is 12.2 Å². The fraction of sp³-hybridized carbons (Fsp3) is 0.500. The van der Waals surface area contributed by atoms with E-state index >= 15 is 0 Å². The fourth-order valence-corrected chi connectivity index (χ4v) is 1.21. The van der Waals surface area contributed by atoms with Crippen molar-refractivity contribution in [2.24, 2.45) is 5.73 Å². The van der Waals surface area contributed by atoms with Crippen LogP contribution in [0.25, 0.3) is 0 Å². The number of rotatable bonds is 2. The Bertz CT molecular complexity index is 238. The number of amides is 3. The molecule has 1 aliphatic heterocycles. The summed E-state index contributed by atoms with van der Waals surface area (Å²) < 4.78 is 0. The first-order chi connectivity index (χ1) is 6.18. The minimum absolute atomic E-state index is 0.229. The van der Waals surface area contributed by atoms with E-state index in [9.17, 15) is 9.59 Å². The van der Waals surface area contributed by atoms with Crippen LogP contribution < -0.4 is 11.1 Å². The number of carbonyl (C=O) groups excluding carboxylic acids is 2. The summed E-state index contributed by atoms with van der Waals surface area (Å²) in [4.78, 5) is 23.3. The number of hydrogen-bond donors (Lipinski definition) is 2. The first kappa shape index (κ1) is 9.73. The van der Waals surface area contributed by atoms with Crippen LogP contribution in [0.5, 0.6) is 0 Å². The summed E-state index contributed by atoms with van der Waals surface area (Å²) in [6, 6.07) is -0.794. The molecular formula is C8H13N3O2. The van der Waals surface area contributed by atoms with Crippen molar-refractivity contribution in [3.8, 4) is 0 Å². The van der Waals surface area contributed by atoms with E-state index in [1.165, 1.54) is 0 Å². The van der Waals surface area contributed by atoms with E-state index in [0.29, 0.717) is 0 Å². The van der Waals surface area contributed by atoms with E-state index in [4.69, 9.17) is 5.73 Å². The number of imide groups is 1. The summed E-state index contributed by atoms with van der Waals surface area (Å²) in [7, 11) is 0. The Morgan fingerprint density at radius 3 is 2.77 bits per heavy atom. The average molecular weight is 183 g/mol. The summed E-state index contributed by atoms with van der Waals surface area (Å²) in [5, 5.41) is 2.02. The number of nitrogens with zero attached hydrogens (tertiary/aromatic N) is 1. The molecule has 0 aliphatic carbocycles. The van der Waals surface area contributed by atoms with E-state index in [1.807, 2.05) is 16.3 Å². The molecule has 0 saturated heterocycles. The maximum Gasteiger partial charge on any atom is 0.318 e. The van der Waals surface area contributed by atoms with Crippen molar-refractivity contribution in [2.75, 3.05) is 19.6 Å². The van der Waals surface area contributed by atoms with Crippen molar-refractivity contribution < 1.29 is 9.59 Å². The van der Waals surface area contributed by atoms with Gasteiger partial charge in [0.15, 0.2) is 0 Å². The van der Waals surface area contributed by atoms with Crippen molar-refractivity contribution in [1.29, 1.82) is 0 Å². The normalized spacial score (nSPS) is 16.9. The molecule has 13 heavy (non-hydrogen) atoms. The molecule has 3 amide bonds. The Labute approximate surface area is 76.6 Å². The van der Waals surface area contributed by atoms with Gasteiger partial charge in [0.05, 0.1) is 6.54 Å². The average Bonchev–Trinajstić information content (AvgIpc) is 2.04. The third kappa shape index (κ3) is 3.71. The molecule has 1 aliphatic rings. The third-order valence-electron chi connectivity index (χ3n) is 1.77. The molecule has 0 aromatic carbocycles. The second-order valence-corrected chi connectivity index (χ2v) is 2.91. The van der Waals surface area contributed by atoms with Crippen LogP contribution in [-0.2, 0) is 4.79 Å². The maximum atomic E-state index is 11.0. The highest BCUT2D eigenvalue weighted by Crippen LogP contribution is 1.99. The molecule has 0 aromatic rings. The number of carbonyl (C=O) groups is 2. The van der Waals surface area contributed by atoms with Crippen LogP contribution >= 0.6 is 0 Å². The van der Waals surface area contributed by atoms with Crippen LogP contribution in [-0.4, -0.2) is 36.5 Å². The predicted octanol–water partition coefficient (Wildman–Crippen LogP) is -0.557. The molecule has 5 nitrogen and oxygen atoms in total. The largest absolute Gasteiger partial charge is 0.351 e. The van der Waals surface area contributed by atoms with Crippen molar-refractivity contribution in [1.82, 2.24) is 10.2 Å². The highest BCUT2D eigenvalue weighted by molar-refractivity contribution is 5.94. The van der Waals surface area contributed by atoms with Gasteiger partial charge in [-0.25, -0.2) is 4.79 Å². The molecule has 1 rings (SSSR count). The summed E-state index contributed by atoms with van der Waals surface area (Å²) >= 11 is 0. The molecule has 0 spiro atoms. The van der Waals surface area contributed by atoms with Gasteiger partial charge >= 0.3 is 6.03 Å². The van der Waals surface area contributed by atoms with Crippen molar-refractivity contribution >= 4 is 11.9 Å². The van der Waals surface area contributed by atoms with Gasteiger partial charge in [0, 0.05) is 13.1 Å². The van der Waals surface area contributed by atoms with Gasteiger partial charge in [0.1, 0.15) is 0 Å². The standard InChI is InChI=1S/C8H13N3O2/c9-8(13)10-7(12)6-11-4-2-1-3-5-11/h1-2H,3-6H2,(H3,9,10,12,13). The summed E-state index contributed by atoms with van der Waals surface area (Å²) in [5.74, 6) is -0.345. The van der Waals surface area contributed by atoms with Gasteiger partial charge in [-0.05, 0) is 6.42 Å². The van der Waals surface area contributed by atoms with Gasteiger partial charge in [0.2, 0.25) is 5.91 Å². The predicted molar refractivity (Wildman–Crippen MR) is 47.9 cm³/mol. The topological polar surface area (TPSA) is 75.4 Å². The molecule has 0 bridgehead atoms. The number of urea groups is 1. The minimum Gasteiger partial charge on any atom is -0.351 e. The first-order valence-electron chi connectivity index (χ1n) is 4.15. The lowest BCUT2D eigenvalue weighted by Crippen LogP contribution is -2.43. The molecule has 3 N–H and O–H groups in total. The van der Waals surface area contributed by atoms with Crippen LogP contribution in [0.1, 0.15) is 6.42 Å². The Balaban J connectivity index is 2.27. The first-order valence-corrected chi connectivity index (χ1v) is 4.15. The Kier molecular flexibility index (Phi) is 3.45. The quantitative estimate of drug-likeness (QED) is 0.564. The summed E-state index contributed by atoms with van der Waals surface area (Å²) in [6.07, 6.45) is 5.02. The zero-order valence-electron chi connectivity index (χ0n) is 7.32. The molecule has 0 fully saturated rings. The SMILES string of the molecule is NC(=O)NC(=O)CN1CC=CCC1. The zero-order valence-corrected chi connectivity index (χ0v) is 7.32. The second-order valence-electron chi connectivity index (χ2n) is 2.91. The molecule has 1 heterocycles. The lowest BCUT2D eigenvalue weighted by molar-refractivity contribution is -0.121. The molecule has 0 radical (unpaired) electrons. The number of nitrogens with one attached hydrogen (secondary N) is 1. The molecule has 0 atom stereocenters.